The summed E-state index contributed by atoms with van der Waals surface area (Å²) in [6.07, 6.45) is -4.38. The van der Waals surface area contributed by atoms with Crippen molar-refractivity contribution >= 4 is 41.3 Å². The number of nitrogens with zero attached hydrogens (tertiary/aromatic N) is 2. The van der Waals surface area contributed by atoms with Crippen LogP contribution in [0.25, 0.3) is 0 Å². The SMILES string of the molecule is CCNC(=NCc1ccc(C)cc1OCC(F)(F)F)NCc1scnc1C.I. The van der Waals surface area contributed by atoms with Crippen molar-refractivity contribution in [2.45, 2.75) is 40.0 Å². The van der Waals surface area contributed by atoms with Crippen LogP contribution in [0.3, 0.4) is 0 Å². The van der Waals surface area contributed by atoms with Crippen LogP contribution >= 0.6 is 35.3 Å². The van der Waals surface area contributed by atoms with Crippen molar-refractivity contribution in [3.05, 3.63) is 45.4 Å². The van der Waals surface area contributed by atoms with Crippen LogP contribution in [0, 0.1) is 13.8 Å². The van der Waals surface area contributed by atoms with E-state index >= 15 is 0 Å². The maximum absolute atomic E-state index is 12.5. The number of aromatic nitrogens is 1. The number of alkyl halides is 3. The molecule has 0 bridgehead atoms. The van der Waals surface area contributed by atoms with Gasteiger partial charge in [-0.15, -0.1) is 35.3 Å². The molecule has 156 valence electrons. The number of hydrogen-bond donors (Lipinski definition) is 2. The molecule has 0 atom stereocenters. The van der Waals surface area contributed by atoms with Crippen molar-refractivity contribution in [1.29, 1.82) is 0 Å². The first-order chi connectivity index (χ1) is 12.8. The Morgan fingerprint density at radius 3 is 2.61 bits per heavy atom. The van der Waals surface area contributed by atoms with E-state index in [0.29, 0.717) is 24.6 Å². The van der Waals surface area contributed by atoms with Gasteiger partial charge in [-0.3, -0.25) is 0 Å². The van der Waals surface area contributed by atoms with E-state index in [-0.39, 0.29) is 36.3 Å². The fraction of sp³-hybridized carbons (Fsp3) is 0.444. The second kappa shape index (κ2) is 11.4. The van der Waals surface area contributed by atoms with Gasteiger partial charge in [0, 0.05) is 17.0 Å². The average molecular weight is 528 g/mol. The van der Waals surface area contributed by atoms with Crippen LogP contribution in [0.5, 0.6) is 5.75 Å². The Labute approximate surface area is 183 Å². The number of rotatable bonds is 7. The lowest BCUT2D eigenvalue weighted by Crippen LogP contribution is -2.36. The molecule has 0 aliphatic carbocycles. The second-order valence-corrected chi connectivity index (χ2v) is 6.86. The molecule has 2 rings (SSSR count). The molecule has 10 heteroatoms. The maximum Gasteiger partial charge on any atom is 0.422 e. The van der Waals surface area contributed by atoms with Gasteiger partial charge in [-0.2, -0.15) is 13.2 Å². The second-order valence-electron chi connectivity index (χ2n) is 5.92. The minimum atomic E-state index is -4.38. The number of halogens is 4. The number of nitrogens with one attached hydrogen (secondary N) is 2. The summed E-state index contributed by atoms with van der Waals surface area (Å²) in [5, 5.41) is 6.33. The molecule has 5 nitrogen and oxygen atoms in total. The van der Waals surface area contributed by atoms with E-state index in [9.17, 15) is 13.2 Å². The molecule has 0 spiro atoms. The zero-order valence-corrected chi connectivity index (χ0v) is 19.0. The molecule has 0 radical (unpaired) electrons. The van der Waals surface area contributed by atoms with Gasteiger partial charge in [0.05, 0.1) is 24.3 Å². The molecule has 0 saturated carbocycles. The average Bonchev–Trinajstić information content (AvgIpc) is 3.01. The van der Waals surface area contributed by atoms with Crippen LogP contribution in [-0.4, -0.2) is 30.3 Å². The van der Waals surface area contributed by atoms with Crippen molar-refractivity contribution in [2.75, 3.05) is 13.2 Å². The van der Waals surface area contributed by atoms with Gasteiger partial charge in [-0.1, -0.05) is 12.1 Å². The summed E-state index contributed by atoms with van der Waals surface area (Å²) in [6.45, 7) is 5.80. The Morgan fingerprint density at radius 2 is 2.00 bits per heavy atom. The van der Waals surface area contributed by atoms with Crippen molar-refractivity contribution in [3.8, 4) is 5.75 Å². The van der Waals surface area contributed by atoms with E-state index in [4.69, 9.17) is 4.74 Å². The fourth-order valence-electron chi connectivity index (χ4n) is 2.25. The molecule has 0 aliphatic rings. The van der Waals surface area contributed by atoms with Crippen LogP contribution < -0.4 is 15.4 Å². The Kier molecular flexibility index (Phi) is 10.0. The molecule has 0 saturated heterocycles. The largest absolute Gasteiger partial charge is 0.484 e. The molecule has 0 fully saturated rings. The summed E-state index contributed by atoms with van der Waals surface area (Å²) in [5.41, 5.74) is 4.17. The lowest BCUT2D eigenvalue weighted by molar-refractivity contribution is -0.153. The maximum atomic E-state index is 12.5. The number of benzene rings is 1. The van der Waals surface area contributed by atoms with Crippen molar-refractivity contribution in [1.82, 2.24) is 15.6 Å². The number of guanidine groups is 1. The van der Waals surface area contributed by atoms with E-state index in [2.05, 4.69) is 20.6 Å². The molecule has 0 unspecified atom stereocenters. The summed E-state index contributed by atoms with van der Waals surface area (Å²) in [7, 11) is 0. The van der Waals surface area contributed by atoms with Gasteiger partial charge in [0.15, 0.2) is 12.6 Å². The van der Waals surface area contributed by atoms with E-state index in [0.717, 1.165) is 16.1 Å². The lowest BCUT2D eigenvalue weighted by Gasteiger charge is -2.14. The predicted molar refractivity (Wildman–Crippen MR) is 117 cm³/mol. The van der Waals surface area contributed by atoms with Gasteiger partial charge >= 0.3 is 6.18 Å². The molecular weight excluding hydrogens is 504 g/mol. The first-order valence-corrected chi connectivity index (χ1v) is 9.36. The number of aliphatic imine (C=N–C) groups is 1. The topological polar surface area (TPSA) is 58.5 Å². The Hall–Kier alpha value is -1.56. The molecule has 0 amide bonds. The molecule has 1 aromatic heterocycles. The quantitative estimate of drug-likeness (QED) is 0.314. The minimum absolute atomic E-state index is 0. The Bertz CT molecular complexity index is 780. The number of ether oxygens (including phenoxy) is 1. The third-order valence-electron chi connectivity index (χ3n) is 3.63. The highest BCUT2D eigenvalue weighted by atomic mass is 127. The summed E-state index contributed by atoms with van der Waals surface area (Å²) < 4.78 is 42.4. The predicted octanol–water partition coefficient (Wildman–Crippen LogP) is 4.57. The standard InChI is InChI=1S/C18H23F3N4OS.HI/c1-4-22-17(24-9-16-13(3)25-11-27-16)23-8-14-6-5-12(2)7-15(14)26-10-18(19,20)21;/h5-7,11H,4,8-10H2,1-3H3,(H2,22,23,24);1H. The van der Waals surface area contributed by atoms with Gasteiger partial charge in [-0.05, 0) is 32.4 Å². The van der Waals surface area contributed by atoms with Gasteiger partial charge in [-0.25, -0.2) is 9.98 Å². The number of hydrogen-bond acceptors (Lipinski definition) is 4. The summed E-state index contributed by atoms with van der Waals surface area (Å²) in [4.78, 5) is 9.77. The zero-order chi connectivity index (χ0) is 19.9. The van der Waals surface area contributed by atoms with Gasteiger partial charge in [0.25, 0.3) is 0 Å². The van der Waals surface area contributed by atoms with E-state index in [1.807, 2.05) is 19.9 Å². The first kappa shape index (κ1) is 24.5. The smallest absolute Gasteiger partial charge is 0.422 e. The van der Waals surface area contributed by atoms with Crippen LogP contribution in [0.4, 0.5) is 13.2 Å². The van der Waals surface area contributed by atoms with Crippen molar-refractivity contribution in [2.24, 2.45) is 4.99 Å². The highest BCUT2D eigenvalue weighted by Gasteiger charge is 2.28. The molecule has 2 N–H and O–H groups in total. The Morgan fingerprint density at radius 1 is 1.25 bits per heavy atom. The molecule has 1 heterocycles. The van der Waals surface area contributed by atoms with Gasteiger partial charge < -0.3 is 15.4 Å². The van der Waals surface area contributed by atoms with Crippen LogP contribution in [0.15, 0.2) is 28.7 Å². The van der Waals surface area contributed by atoms with Crippen molar-refractivity contribution < 1.29 is 17.9 Å². The lowest BCUT2D eigenvalue weighted by atomic mass is 10.1. The summed E-state index contributed by atoms with van der Waals surface area (Å²) in [6, 6.07) is 5.16. The molecule has 28 heavy (non-hydrogen) atoms. The molecule has 1 aromatic carbocycles. The molecular formula is C18H24F3IN4OS. The summed E-state index contributed by atoms with van der Waals surface area (Å²) in [5.74, 6) is 0.776. The number of thiazole rings is 1. The summed E-state index contributed by atoms with van der Waals surface area (Å²) >= 11 is 1.55. The fourth-order valence-corrected chi connectivity index (χ4v) is 2.97. The Balaban J connectivity index is 0.00000392. The highest BCUT2D eigenvalue weighted by Crippen LogP contribution is 2.24. The van der Waals surface area contributed by atoms with Crippen LogP contribution in [0.2, 0.25) is 0 Å². The zero-order valence-electron chi connectivity index (χ0n) is 15.9. The monoisotopic (exact) mass is 528 g/mol. The van der Waals surface area contributed by atoms with E-state index in [1.165, 1.54) is 0 Å². The van der Waals surface area contributed by atoms with E-state index < -0.39 is 12.8 Å². The molecule has 2 aromatic rings. The third-order valence-corrected chi connectivity index (χ3v) is 4.56. The van der Waals surface area contributed by atoms with Crippen LogP contribution in [-0.2, 0) is 13.1 Å². The highest BCUT2D eigenvalue weighted by molar-refractivity contribution is 14.0. The third kappa shape index (κ3) is 8.21. The van der Waals surface area contributed by atoms with E-state index in [1.54, 1.807) is 35.9 Å². The van der Waals surface area contributed by atoms with Crippen LogP contribution in [0.1, 0.15) is 28.6 Å². The molecule has 0 aliphatic heterocycles. The normalized spacial score (nSPS) is 11.7. The van der Waals surface area contributed by atoms with Gasteiger partial charge in [0.2, 0.25) is 0 Å². The minimum Gasteiger partial charge on any atom is -0.484 e. The van der Waals surface area contributed by atoms with Gasteiger partial charge in [0.1, 0.15) is 5.75 Å². The number of aryl methyl sites for hydroxylation is 2. The first-order valence-electron chi connectivity index (χ1n) is 8.48. The van der Waals surface area contributed by atoms with Crippen molar-refractivity contribution in [3.63, 3.8) is 0 Å².